The number of benzene rings is 1. The summed E-state index contributed by atoms with van der Waals surface area (Å²) in [5.74, 6) is -2.26. The first kappa shape index (κ1) is 16.4. The third kappa shape index (κ3) is 4.47. The Morgan fingerprint density at radius 1 is 1.10 bits per heavy atom. The average molecular weight is 314 g/mol. The van der Waals surface area contributed by atoms with E-state index in [0.29, 0.717) is 5.75 Å². The van der Waals surface area contributed by atoms with Gasteiger partial charge in [-0.25, -0.2) is 9.59 Å². The Bertz CT molecular complexity index is 527. The predicted octanol–water partition coefficient (Wildman–Crippen LogP) is 2.16. The average Bonchev–Trinajstić information content (AvgIpc) is 2.25. The van der Waals surface area contributed by atoms with Crippen LogP contribution in [0.3, 0.4) is 0 Å². The highest BCUT2D eigenvalue weighted by atomic mass is 28.4. The molecule has 6 nitrogen and oxygen atoms in total. The van der Waals surface area contributed by atoms with Crippen molar-refractivity contribution >= 4 is 29.5 Å². The molecule has 0 spiro atoms. The van der Waals surface area contributed by atoms with Gasteiger partial charge >= 0.3 is 20.5 Å². The normalized spacial score (nSPS) is 11.4. The molecular weight excluding hydrogens is 296 g/mol. The monoisotopic (exact) mass is 314 g/mol. The number of hydrogen-bond donors (Lipinski definition) is 2. The molecule has 0 unspecified atom stereocenters. The third-order valence-electron chi connectivity index (χ3n) is 2.34. The number of aromatic carboxylic acids is 2. The highest BCUT2D eigenvalue weighted by Gasteiger charge is 2.28. The first-order valence-corrected chi connectivity index (χ1v) is 11.7. The van der Waals surface area contributed by atoms with Crippen LogP contribution in [0.2, 0.25) is 26.2 Å². The van der Waals surface area contributed by atoms with Crippen LogP contribution in [0, 0.1) is 0 Å². The van der Waals surface area contributed by atoms with Crippen molar-refractivity contribution in [2.45, 2.75) is 26.2 Å². The highest BCUT2D eigenvalue weighted by molar-refractivity contribution is 6.73. The molecule has 0 aliphatic carbocycles. The summed E-state index contributed by atoms with van der Waals surface area (Å²) >= 11 is 0. The molecule has 0 heterocycles. The van der Waals surface area contributed by atoms with Crippen LogP contribution in [0.25, 0.3) is 0 Å². The van der Waals surface area contributed by atoms with E-state index in [2.05, 4.69) is 0 Å². The predicted molar refractivity (Wildman–Crippen MR) is 78.4 cm³/mol. The largest absolute Gasteiger partial charge is 0.521 e. The summed E-state index contributed by atoms with van der Waals surface area (Å²) in [6.07, 6.45) is 0. The molecule has 0 saturated carbocycles. The maximum atomic E-state index is 11.1. The molecule has 0 saturated heterocycles. The van der Waals surface area contributed by atoms with Gasteiger partial charge in [0.05, 0.1) is 11.1 Å². The summed E-state index contributed by atoms with van der Waals surface area (Å²) in [6.45, 7) is 7.78. The van der Waals surface area contributed by atoms with E-state index in [1.165, 1.54) is 18.2 Å². The molecule has 0 bridgehead atoms. The molecule has 0 aromatic heterocycles. The summed E-state index contributed by atoms with van der Waals surface area (Å²) in [5.41, 5.74) is -0.551. The van der Waals surface area contributed by atoms with Crippen molar-refractivity contribution in [1.29, 1.82) is 0 Å². The van der Waals surface area contributed by atoms with E-state index in [1.807, 2.05) is 26.2 Å². The maximum absolute atomic E-state index is 11.1. The molecule has 110 valence electrons. The fraction of sp³-hybridized carbons (Fsp3) is 0.333. The minimum absolute atomic E-state index is 0.261. The lowest BCUT2D eigenvalue weighted by Gasteiger charge is -2.26. The first-order chi connectivity index (χ1) is 9.12. The minimum atomic E-state index is -2.39. The Labute approximate surface area is 119 Å². The minimum Gasteiger partial charge on any atom is -0.521 e. The van der Waals surface area contributed by atoms with Crippen LogP contribution in [0.1, 0.15) is 20.7 Å². The van der Waals surface area contributed by atoms with Gasteiger partial charge in [-0.3, -0.25) is 0 Å². The zero-order chi connectivity index (χ0) is 15.5. The van der Waals surface area contributed by atoms with Crippen molar-refractivity contribution in [2.75, 3.05) is 0 Å². The summed E-state index contributed by atoms with van der Waals surface area (Å²) in [4.78, 5) is 22.0. The number of carboxylic acids is 2. The highest BCUT2D eigenvalue weighted by Crippen LogP contribution is 2.22. The van der Waals surface area contributed by atoms with E-state index in [0.717, 1.165) is 0 Å². The number of carboxylic acid groups (broad SMARTS) is 2. The Balaban J connectivity index is 3.07. The molecule has 1 rings (SSSR count). The van der Waals surface area contributed by atoms with Crippen molar-refractivity contribution in [3.8, 4) is 5.75 Å². The lowest BCUT2D eigenvalue weighted by atomic mass is 10.1. The van der Waals surface area contributed by atoms with Crippen LogP contribution in [-0.4, -0.2) is 39.8 Å². The van der Waals surface area contributed by atoms with Crippen molar-refractivity contribution in [3.63, 3.8) is 0 Å². The van der Waals surface area contributed by atoms with Crippen molar-refractivity contribution in [3.05, 3.63) is 29.3 Å². The topological polar surface area (TPSA) is 93.1 Å². The smallest absolute Gasteiger partial charge is 0.382 e. The standard InChI is InChI=1S/C12H18O6Si2/c1-19(2)18-20(3,4)17-8-5-6-9(11(13)14)10(7-8)12(15)16/h5-7,19H,1-4H3,(H,13,14)(H,15,16). The second-order valence-corrected chi connectivity index (χ2v) is 11.0. The summed E-state index contributed by atoms with van der Waals surface area (Å²) in [6, 6.07) is 3.92. The molecule has 0 fully saturated rings. The molecule has 0 aliphatic rings. The molecule has 0 atom stereocenters. The van der Waals surface area contributed by atoms with E-state index in [1.54, 1.807) is 0 Å². The van der Waals surface area contributed by atoms with Gasteiger partial charge in [0, 0.05) is 0 Å². The number of rotatable bonds is 6. The molecule has 0 radical (unpaired) electrons. The number of hydrogen-bond acceptors (Lipinski definition) is 4. The van der Waals surface area contributed by atoms with E-state index in [-0.39, 0.29) is 11.1 Å². The van der Waals surface area contributed by atoms with Crippen molar-refractivity contribution in [2.24, 2.45) is 0 Å². The molecule has 8 heteroatoms. The SMILES string of the molecule is C[SiH](C)O[Si](C)(C)Oc1ccc(C(=O)O)c(C(=O)O)c1. The van der Waals surface area contributed by atoms with Crippen LogP contribution in [-0.2, 0) is 4.12 Å². The Kier molecular flexibility index (Phi) is 5.09. The lowest BCUT2D eigenvalue weighted by Crippen LogP contribution is -2.42. The quantitative estimate of drug-likeness (QED) is 0.782. The molecule has 1 aromatic rings. The molecule has 2 N–H and O–H groups in total. The van der Waals surface area contributed by atoms with Crippen LogP contribution in [0.5, 0.6) is 5.75 Å². The van der Waals surface area contributed by atoms with Gasteiger partial charge in [-0.15, -0.1) is 0 Å². The van der Waals surface area contributed by atoms with Crippen molar-refractivity contribution in [1.82, 2.24) is 0 Å². The summed E-state index contributed by atoms with van der Waals surface area (Å²) < 4.78 is 11.5. The Morgan fingerprint density at radius 3 is 2.10 bits per heavy atom. The van der Waals surface area contributed by atoms with Gasteiger partial charge in [0.25, 0.3) is 0 Å². The maximum Gasteiger partial charge on any atom is 0.382 e. The molecular formula is C12H18O6Si2. The van der Waals surface area contributed by atoms with Crippen LogP contribution >= 0.6 is 0 Å². The molecule has 1 aromatic carbocycles. The summed E-state index contributed by atoms with van der Waals surface area (Å²) in [5, 5.41) is 18.0. The van der Waals surface area contributed by atoms with E-state index in [9.17, 15) is 9.59 Å². The van der Waals surface area contributed by atoms with E-state index in [4.69, 9.17) is 18.8 Å². The second kappa shape index (κ2) is 6.20. The van der Waals surface area contributed by atoms with Gasteiger partial charge in [0.2, 0.25) is 0 Å². The lowest BCUT2D eigenvalue weighted by molar-refractivity contribution is 0.0651. The van der Waals surface area contributed by atoms with Gasteiger partial charge in [-0.1, -0.05) is 0 Å². The number of carbonyl (C=O) groups is 2. The van der Waals surface area contributed by atoms with E-state index < -0.39 is 29.5 Å². The van der Waals surface area contributed by atoms with Gasteiger partial charge in [-0.05, 0) is 44.4 Å². The van der Waals surface area contributed by atoms with Gasteiger partial charge in [0.1, 0.15) is 5.75 Å². The first-order valence-electron chi connectivity index (χ1n) is 6.10. The molecule has 20 heavy (non-hydrogen) atoms. The fourth-order valence-corrected chi connectivity index (χ4v) is 7.25. The van der Waals surface area contributed by atoms with Gasteiger partial charge in [0.15, 0.2) is 9.04 Å². The zero-order valence-corrected chi connectivity index (χ0v) is 14.0. The molecule has 0 amide bonds. The van der Waals surface area contributed by atoms with Crippen LogP contribution in [0.4, 0.5) is 0 Å². The van der Waals surface area contributed by atoms with Gasteiger partial charge < -0.3 is 18.8 Å². The van der Waals surface area contributed by atoms with Crippen molar-refractivity contribution < 1.29 is 28.3 Å². The molecule has 0 aliphatic heterocycles. The Morgan fingerprint density at radius 2 is 1.65 bits per heavy atom. The third-order valence-corrected chi connectivity index (χ3v) is 7.22. The Hall–Kier alpha value is -1.65. The fourth-order valence-electron chi connectivity index (χ4n) is 1.83. The van der Waals surface area contributed by atoms with E-state index >= 15 is 0 Å². The zero-order valence-electron chi connectivity index (χ0n) is 11.8. The van der Waals surface area contributed by atoms with Crippen LogP contribution < -0.4 is 4.43 Å². The summed E-state index contributed by atoms with van der Waals surface area (Å²) in [7, 11) is -3.66. The van der Waals surface area contributed by atoms with Crippen LogP contribution in [0.15, 0.2) is 18.2 Å². The second-order valence-electron chi connectivity index (χ2n) is 4.99. The van der Waals surface area contributed by atoms with Gasteiger partial charge in [-0.2, -0.15) is 0 Å².